The van der Waals surface area contributed by atoms with E-state index < -0.39 is 0 Å². The van der Waals surface area contributed by atoms with Crippen molar-refractivity contribution in [3.05, 3.63) is 28.8 Å². The highest BCUT2D eigenvalue weighted by molar-refractivity contribution is 6.32. The topological polar surface area (TPSA) is 0 Å². The summed E-state index contributed by atoms with van der Waals surface area (Å²) in [6.45, 7) is 11.4. The fraction of sp³-hybridized carbons (Fsp3) is 0.571. The van der Waals surface area contributed by atoms with Crippen molar-refractivity contribution in [1.82, 2.24) is 0 Å². The highest BCUT2D eigenvalue weighted by atomic mass is 14.2. The first-order valence-electron chi connectivity index (χ1n) is 5.92. The fourth-order valence-electron chi connectivity index (χ4n) is 2.18. The average Bonchev–Trinajstić information content (AvgIpc) is 2.07. The lowest BCUT2D eigenvalue weighted by Crippen LogP contribution is -2.15. The molecule has 82 valence electrons. The van der Waals surface area contributed by atoms with Gasteiger partial charge in [0.05, 0.1) is 0 Å². The van der Waals surface area contributed by atoms with Gasteiger partial charge in [0.1, 0.15) is 7.85 Å². The Bertz CT molecular complexity index is 345. The molecule has 0 aromatic heterocycles. The van der Waals surface area contributed by atoms with Crippen molar-refractivity contribution in [2.45, 2.75) is 47.5 Å². The number of aryl methyl sites for hydroxylation is 2. The zero-order valence-electron chi connectivity index (χ0n) is 11.1. The van der Waals surface area contributed by atoms with E-state index in [-0.39, 0.29) is 0 Å². The summed E-state index contributed by atoms with van der Waals surface area (Å²) in [6.07, 6.45) is 2.33. The quantitative estimate of drug-likeness (QED) is 0.646. The molecule has 0 radical (unpaired) electrons. The van der Waals surface area contributed by atoms with Crippen LogP contribution < -0.4 is 5.46 Å². The highest BCUT2D eigenvalue weighted by Gasteiger charge is 2.15. The van der Waals surface area contributed by atoms with Crippen LogP contribution in [0, 0.1) is 12.3 Å². The van der Waals surface area contributed by atoms with E-state index >= 15 is 0 Å². The maximum atomic E-state index is 2.34. The summed E-state index contributed by atoms with van der Waals surface area (Å²) >= 11 is 0. The summed E-state index contributed by atoms with van der Waals surface area (Å²) in [6, 6.07) is 4.65. The van der Waals surface area contributed by atoms with Gasteiger partial charge in [0.2, 0.25) is 0 Å². The van der Waals surface area contributed by atoms with E-state index in [1.54, 1.807) is 5.56 Å². The maximum absolute atomic E-state index is 2.34. The molecule has 0 N–H and O–H groups in total. The Hall–Kier alpha value is -0.715. The number of hydrogen-bond acceptors (Lipinski definition) is 0. The molecule has 0 nitrogen and oxygen atoms in total. The molecule has 0 aliphatic rings. The Kier molecular flexibility index (Phi) is 3.65. The molecule has 1 aromatic rings. The molecule has 0 aliphatic carbocycles. The van der Waals surface area contributed by atoms with Crippen LogP contribution in [0.15, 0.2) is 12.1 Å². The minimum atomic E-state index is 0.379. The second-order valence-corrected chi connectivity index (χ2v) is 5.81. The molecule has 0 spiro atoms. The molecule has 15 heavy (non-hydrogen) atoms. The lowest BCUT2D eigenvalue weighted by atomic mass is 9.81. The molecule has 0 heterocycles. The summed E-state index contributed by atoms with van der Waals surface area (Å²) in [5.41, 5.74) is 6.33. The molecule has 0 amide bonds. The van der Waals surface area contributed by atoms with Gasteiger partial charge in [-0.05, 0) is 41.9 Å². The molecule has 1 heteroatoms. The first-order chi connectivity index (χ1) is 6.83. The lowest BCUT2D eigenvalue weighted by Gasteiger charge is -2.22. The summed E-state index contributed by atoms with van der Waals surface area (Å²) in [5, 5.41) is 0. The summed E-state index contributed by atoms with van der Waals surface area (Å²) in [7, 11) is 2.19. The smallest absolute Gasteiger partial charge is 0.0884 e. The first kappa shape index (κ1) is 12.4. The largest absolute Gasteiger partial charge is 0.139 e. The van der Waals surface area contributed by atoms with Crippen LogP contribution in [0.5, 0.6) is 0 Å². The lowest BCUT2D eigenvalue weighted by molar-refractivity contribution is 0.409. The molecular weight excluding hydrogens is 179 g/mol. The van der Waals surface area contributed by atoms with E-state index in [4.69, 9.17) is 0 Å². The SMILES string of the molecule is Bc1cc(C)c(CC(C)(C)C)c(CC)c1. The molecule has 0 bridgehead atoms. The van der Waals surface area contributed by atoms with Gasteiger partial charge in [-0.1, -0.05) is 45.3 Å². The van der Waals surface area contributed by atoms with Crippen molar-refractivity contribution in [2.24, 2.45) is 5.41 Å². The van der Waals surface area contributed by atoms with Crippen molar-refractivity contribution in [3.8, 4) is 0 Å². The summed E-state index contributed by atoms with van der Waals surface area (Å²) in [5.74, 6) is 0. The minimum absolute atomic E-state index is 0.379. The van der Waals surface area contributed by atoms with Crippen LogP contribution in [-0.4, -0.2) is 7.85 Å². The maximum Gasteiger partial charge on any atom is 0.139 e. The number of hydrogen-bond donors (Lipinski definition) is 0. The number of benzene rings is 1. The second-order valence-electron chi connectivity index (χ2n) is 5.81. The molecule has 0 fully saturated rings. The van der Waals surface area contributed by atoms with Crippen molar-refractivity contribution >= 4 is 13.3 Å². The van der Waals surface area contributed by atoms with Gasteiger partial charge in [0.25, 0.3) is 0 Å². The Morgan fingerprint density at radius 3 is 2.27 bits per heavy atom. The standard InChI is InChI=1S/C14H23B/c1-6-11-8-12(15)7-10(2)13(11)9-14(3,4)5/h7-8H,6,9,15H2,1-5H3. The zero-order chi connectivity index (χ0) is 11.6. The van der Waals surface area contributed by atoms with Gasteiger partial charge in [-0.2, -0.15) is 0 Å². The summed E-state index contributed by atoms with van der Waals surface area (Å²) < 4.78 is 0. The van der Waals surface area contributed by atoms with E-state index in [2.05, 4.69) is 54.6 Å². The normalized spacial score (nSPS) is 11.8. The second kappa shape index (κ2) is 4.43. The van der Waals surface area contributed by atoms with Gasteiger partial charge < -0.3 is 0 Å². The van der Waals surface area contributed by atoms with Crippen LogP contribution in [0.1, 0.15) is 44.4 Å². The van der Waals surface area contributed by atoms with Gasteiger partial charge >= 0.3 is 0 Å². The van der Waals surface area contributed by atoms with Gasteiger partial charge in [-0.3, -0.25) is 0 Å². The van der Waals surface area contributed by atoms with E-state index in [1.165, 1.54) is 23.0 Å². The third-order valence-electron chi connectivity index (χ3n) is 2.80. The molecule has 0 atom stereocenters. The Balaban J connectivity index is 3.15. The van der Waals surface area contributed by atoms with Gasteiger partial charge in [0, 0.05) is 0 Å². The highest BCUT2D eigenvalue weighted by Crippen LogP contribution is 2.25. The molecular formula is C14H23B. The van der Waals surface area contributed by atoms with Crippen molar-refractivity contribution in [2.75, 3.05) is 0 Å². The Morgan fingerprint density at radius 2 is 1.80 bits per heavy atom. The van der Waals surface area contributed by atoms with Crippen LogP contribution in [0.3, 0.4) is 0 Å². The molecule has 0 saturated carbocycles. The molecule has 1 rings (SSSR count). The minimum Gasteiger partial charge on any atom is -0.0884 e. The fourth-order valence-corrected chi connectivity index (χ4v) is 2.18. The van der Waals surface area contributed by atoms with Crippen LogP contribution >= 0.6 is 0 Å². The van der Waals surface area contributed by atoms with E-state index in [9.17, 15) is 0 Å². The predicted molar refractivity (Wildman–Crippen MR) is 71.9 cm³/mol. The van der Waals surface area contributed by atoms with E-state index in [0.717, 1.165) is 6.42 Å². The van der Waals surface area contributed by atoms with Gasteiger partial charge in [-0.25, -0.2) is 0 Å². The molecule has 0 saturated heterocycles. The third-order valence-corrected chi connectivity index (χ3v) is 2.80. The van der Waals surface area contributed by atoms with Crippen LogP contribution in [0.4, 0.5) is 0 Å². The first-order valence-corrected chi connectivity index (χ1v) is 5.92. The van der Waals surface area contributed by atoms with Crippen LogP contribution in [0.25, 0.3) is 0 Å². The number of rotatable bonds is 2. The van der Waals surface area contributed by atoms with Crippen molar-refractivity contribution < 1.29 is 0 Å². The van der Waals surface area contributed by atoms with E-state index in [0.29, 0.717) is 5.41 Å². The van der Waals surface area contributed by atoms with Crippen LogP contribution in [-0.2, 0) is 12.8 Å². The summed E-state index contributed by atoms with van der Waals surface area (Å²) in [4.78, 5) is 0. The molecule has 1 aromatic carbocycles. The Morgan fingerprint density at radius 1 is 1.20 bits per heavy atom. The van der Waals surface area contributed by atoms with Crippen LogP contribution in [0.2, 0.25) is 0 Å². The zero-order valence-corrected chi connectivity index (χ0v) is 11.1. The Labute approximate surface area is 95.5 Å². The van der Waals surface area contributed by atoms with E-state index in [1.807, 2.05) is 0 Å². The molecule has 0 unspecified atom stereocenters. The van der Waals surface area contributed by atoms with Gasteiger partial charge in [-0.15, -0.1) is 0 Å². The van der Waals surface area contributed by atoms with Crippen molar-refractivity contribution in [1.29, 1.82) is 0 Å². The predicted octanol–water partition coefficient (Wildman–Crippen LogP) is 2.40. The third kappa shape index (κ3) is 3.41. The average molecular weight is 202 g/mol. The monoisotopic (exact) mass is 202 g/mol. The van der Waals surface area contributed by atoms with Gasteiger partial charge in [0.15, 0.2) is 0 Å². The molecule has 0 aliphatic heterocycles. The van der Waals surface area contributed by atoms with Crippen molar-refractivity contribution in [3.63, 3.8) is 0 Å².